The largest absolute Gasteiger partial charge is 0.417 e. The van der Waals surface area contributed by atoms with Crippen LogP contribution in [-0.4, -0.2) is 43.6 Å². The Bertz CT molecular complexity index is 578. The van der Waals surface area contributed by atoms with Crippen LogP contribution in [0.3, 0.4) is 0 Å². The Hall–Kier alpha value is -0.383. The molecule has 1 N–H and O–H groups in total. The molecule has 0 bridgehead atoms. The van der Waals surface area contributed by atoms with Gasteiger partial charge in [-0.15, -0.1) is 6.42 Å². The Kier molecular flexibility index (Phi) is 8.07. The highest BCUT2D eigenvalue weighted by Gasteiger charge is 2.52. The minimum absolute atomic E-state index is 0.105. The molecule has 1 spiro atoms. The SMILES string of the molecule is C#C[C@H]1O[C@@]2(CC[C@H](C)[C@@H](CCO[Si](C)(C)C(C)(C)C)O2)CC[C@]1(O)CCCC. The minimum Gasteiger partial charge on any atom is -0.417 e. The van der Waals surface area contributed by atoms with Crippen molar-refractivity contribution in [2.45, 2.75) is 128 Å². The van der Waals surface area contributed by atoms with Crippen molar-refractivity contribution >= 4 is 8.32 Å². The van der Waals surface area contributed by atoms with Gasteiger partial charge >= 0.3 is 0 Å². The van der Waals surface area contributed by atoms with Gasteiger partial charge in [0.15, 0.2) is 14.1 Å². The maximum Gasteiger partial charge on any atom is 0.191 e. The van der Waals surface area contributed by atoms with Gasteiger partial charge in [0.2, 0.25) is 0 Å². The maximum atomic E-state index is 11.1. The fourth-order valence-corrected chi connectivity index (χ4v) is 5.26. The standard InChI is InChI=1S/C24H44O4Si/c1-9-11-14-23(25)16-17-24(28-21(23)10-2)15-12-19(3)20(27-24)13-18-26-29(7,8)22(4,5)6/h2,19-21,25H,9,11-18H2,1,3-8H3/t19-,20+,21+,23+,24-/m0/s1. The summed E-state index contributed by atoms with van der Waals surface area (Å²) in [6.07, 6.45) is 12.1. The van der Waals surface area contributed by atoms with Crippen LogP contribution in [0.25, 0.3) is 0 Å². The molecule has 0 aromatic carbocycles. The molecule has 2 fully saturated rings. The van der Waals surface area contributed by atoms with Gasteiger partial charge in [-0.3, -0.25) is 0 Å². The van der Waals surface area contributed by atoms with Gasteiger partial charge in [-0.2, -0.15) is 0 Å². The van der Waals surface area contributed by atoms with Crippen LogP contribution in [0.15, 0.2) is 0 Å². The van der Waals surface area contributed by atoms with E-state index in [-0.39, 0.29) is 11.1 Å². The van der Waals surface area contributed by atoms with Gasteiger partial charge in [0.1, 0.15) is 11.7 Å². The van der Waals surface area contributed by atoms with Crippen LogP contribution in [-0.2, 0) is 13.9 Å². The molecule has 0 saturated carbocycles. The average Bonchev–Trinajstić information content (AvgIpc) is 2.64. The van der Waals surface area contributed by atoms with Gasteiger partial charge in [0, 0.05) is 19.4 Å². The summed E-state index contributed by atoms with van der Waals surface area (Å²) in [7, 11) is -1.75. The maximum absolute atomic E-state index is 11.1. The number of hydrogen-bond donors (Lipinski definition) is 1. The van der Waals surface area contributed by atoms with Crippen LogP contribution in [0.4, 0.5) is 0 Å². The zero-order valence-corrected chi connectivity index (χ0v) is 20.8. The quantitative estimate of drug-likeness (QED) is 0.424. The Morgan fingerprint density at radius 2 is 1.90 bits per heavy atom. The van der Waals surface area contributed by atoms with E-state index in [0.29, 0.717) is 25.2 Å². The highest BCUT2D eigenvalue weighted by atomic mass is 28.4. The van der Waals surface area contributed by atoms with Crippen molar-refractivity contribution in [1.29, 1.82) is 0 Å². The summed E-state index contributed by atoms with van der Waals surface area (Å²) in [5, 5.41) is 11.3. The van der Waals surface area contributed by atoms with Gasteiger partial charge in [0.25, 0.3) is 0 Å². The Balaban J connectivity index is 1.99. The number of rotatable bonds is 7. The van der Waals surface area contributed by atoms with Gasteiger partial charge in [-0.1, -0.05) is 53.4 Å². The van der Waals surface area contributed by atoms with Crippen molar-refractivity contribution in [2.75, 3.05) is 6.61 Å². The molecule has 2 saturated heterocycles. The van der Waals surface area contributed by atoms with E-state index in [1.807, 2.05) is 0 Å². The molecule has 5 heteroatoms. The van der Waals surface area contributed by atoms with Gasteiger partial charge < -0.3 is 19.0 Å². The topological polar surface area (TPSA) is 47.9 Å². The van der Waals surface area contributed by atoms with E-state index in [1.54, 1.807) is 0 Å². The van der Waals surface area contributed by atoms with E-state index >= 15 is 0 Å². The van der Waals surface area contributed by atoms with Crippen molar-refractivity contribution in [1.82, 2.24) is 0 Å². The highest BCUT2D eigenvalue weighted by molar-refractivity contribution is 6.74. The molecule has 2 aliphatic heterocycles. The number of terminal acetylenes is 1. The summed E-state index contributed by atoms with van der Waals surface area (Å²) in [6, 6.07) is 0. The molecule has 0 amide bonds. The molecule has 5 atom stereocenters. The van der Waals surface area contributed by atoms with E-state index in [9.17, 15) is 5.11 Å². The molecule has 2 heterocycles. The normalized spacial score (nSPS) is 36.2. The van der Waals surface area contributed by atoms with E-state index in [0.717, 1.165) is 38.7 Å². The zero-order chi connectivity index (χ0) is 21.9. The summed E-state index contributed by atoms with van der Waals surface area (Å²) in [6.45, 7) is 16.5. The number of unbranched alkanes of at least 4 members (excludes halogenated alkanes) is 1. The molecule has 2 aliphatic rings. The van der Waals surface area contributed by atoms with Gasteiger partial charge in [-0.05, 0) is 49.7 Å². The van der Waals surface area contributed by atoms with E-state index in [2.05, 4.69) is 53.6 Å². The first-order valence-electron chi connectivity index (χ1n) is 11.6. The van der Waals surface area contributed by atoms with Gasteiger partial charge in [0.05, 0.1) is 6.10 Å². The summed E-state index contributed by atoms with van der Waals surface area (Å²) in [5.74, 6) is 2.53. The third kappa shape index (κ3) is 5.86. The highest BCUT2D eigenvalue weighted by Crippen LogP contribution is 2.46. The predicted octanol–water partition coefficient (Wildman–Crippen LogP) is 5.64. The Labute approximate surface area is 180 Å². The first-order valence-corrected chi connectivity index (χ1v) is 14.5. The smallest absolute Gasteiger partial charge is 0.191 e. The van der Waals surface area contributed by atoms with Crippen molar-refractivity contribution in [3.05, 3.63) is 0 Å². The second-order valence-corrected chi connectivity index (χ2v) is 15.7. The van der Waals surface area contributed by atoms with Crippen molar-refractivity contribution in [2.24, 2.45) is 5.92 Å². The lowest BCUT2D eigenvalue weighted by atomic mass is 9.79. The summed E-state index contributed by atoms with van der Waals surface area (Å²) in [4.78, 5) is 0. The average molecular weight is 425 g/mol. The first kappa shape index (κ1) is 24.9. The zero-order valence-electron chi connectivity index (χ0n) is 19.8. The third-order valence-corrected chi connectivity index (χ3v) is 12.1. The molecule has 0 radical (unpaired) electrons. The first-order chi connectivity index (χ1) is 13.4. The lowest BCUT2D eigenvalue weighted by Gasteiger charge is -2.51. The number of ether oxygens (including phenoxy) is 2. The predicted molar refractivity (Wildman–Crippen MR) is 121 cm³/mol. The molecular weight excluding hydrogens is 380 g/mol. The van der Waals surface area contributed by atoms with Crippen molar-refractivity contribution in [3.8, 4) is 12.3 Å². The van der Waals surface area contributed by atoms with Crippen LogP contribution in [0.2, 0.25) is 18.1 Å². The third-order valence-electron chi connectivity index (χ3n) is 7.53. The van der Waals surface area contributed by atoms with E-state index in [4.69, 9.17) is 20.3 Å². The number of aliphatic hydroxyl groups is 1. The van der Waals surface area contributed by atoms with Crippen molar-refractivity contribution < 1.29 is 19.0 Å². The van der Waals surface area contributed by atoms with Crippen LogP contribution in [0.1, 0.15) is 86.0 Å². The van der Waals surface area contributed by atoms with Crippen LogP contribution in [0, 0.1) is 18.3 Å². The summed E-state index contributed by atoms with van der Waals surface area (Å²) < 4.78 is 19.3. The van der Waals surface area contributed by atoms with Crippen LogP contribution >= 0.6 is 0 Å². The van der Waals surface area contributed by atoms with Crippen LogP contribution in [0.5, 0.6) is 0 Å². The minimum atomic E-state index is -1.75. The molecule has 0 aromatic rings. The van der Waals surface area contributed by atoms with E-state index in [1.165, 1.54) is 0 Å². The summed E-state index contributed by atoms with van der Waals surface area (Å²) in [5.41, 5.74) is -0.927. The second kappa shape index (κ2) is 9.40. The lowest BCUT2D eigenvalue weighted by Crippen LogP contribution is -2.58. The monoisotopic (exact) mass is 424 g/mol. The van der Waals surface area contributed by atoms with Gasteiger partial charge in [-0.25, -0.2) is 0 Å². The van der Waals surface area contributed by atoms with E-state index < -0.39 is 25.8 Å². The molecule has 0 unspecified atom stereocenters. The second-order valence-electron chi connectivity index (χ2n) is 10.9. The Morgan fingerprint density at radius 3 is 2.48 bits per heavy atom. The molecular formula is C24H44O4Si. The molecule has 2 rings (SSSR count). The fraction of sp³-hybridized carbons (Fsp3) is 0.917. The van der Waals surface area contributed by atoms with Crippen LogP contribution < -0.4 is 0 Å². The molecule has 0 aliphatic carbocycles. The molecule has 4 nitrogen and oxygen atoms in total. The van der Waals surface area contributed by atoms with Crippen molar-refractivity contribution in [3.63, 3.8) is 0 Å². The molecule has 29 heavy (non-hydrogen) atoms. The fourth-order valence-electron chi connectivity index (χ4n) is 4.19. The number of hydrogen-bond acceptors (Lipinski definition) is 4. The molecule has 168 valence electrons. The Morgan fingerprint density at radius 1 is 1.21 bits per heavy atom. The summed E-state index contributed by atoms with van der Waals surface area (Å²) >= 11 is 0. The molecule has 0 aromatic heterocycles. The lowest BCUT2D eigenvalue weighted by molar-refractivity contribution is -0.343.